The summed E-state index contributed by atoms with van der Waals surface area (Å²) in [6.45, 7) is 9.17. The largest absolute Gasteiger partial charge is 0.341 e. The molecule has 0 aliphatic carbocycles. The average molecular weight is 347 g/mol. The second kappa shape index (κ2) is 7.90. The highest BCUT2D eigenvalue weighted by Crippen LogP contribution is 2.11. The van der Waals surface area contributed by atoms with Crippen LogP contribution in [0.15, 0.2) is 17.0 Å². The molecule has 1 saturated heterocycles. The topological polar surface area (TPSA) is 54.3 Å². The van der Waals surface area contributed by atoms with Gasteiger partial charge in [-0.3, -0.25) is 14.4 Å². The summed E-state index contributed by atoms with van der Waals surface area (Å²) >= 11 is 1.64. The van der Waals surface area contributed by atoms with Gasteiger partial charge >= 0.3 is 0 Å². The quantitative estimate of drug-likeness (QED) is 0.831. The number of aryl methyl sites for hydroxylation is 3. The van der Waals surface area contributed by atoms with Crippen molar-refractivity contribution in [1.82, 2.24) is 24.6 Å². The maximum Gasteiger partial charge on any atom is 0.224 e. The molecule has 0 aromatic carbocycles. The Morgan fingerprint density at radius 3 is 2.83 bits per heavy atom. The van der Waals surface area contributed by atoms with Crippen molar-refractivity contribution >= 4 is 17.2 Å². The molecule has 7 heteroatoms. The van der Waals surface area contributed by atoms with E-state index >= 15 is 0 Å². The number of carbonyl (C=O) groups excluding carboxylic acids is 1. The number of carbonyl (C=O) groups is 1. The van der Waals surface area contributed by atoms with Gasteiger partial charge in [-0.25, -0.2) is 4.98 Å². The summed E-state index contributed by atoms with van der Waals surface area (Å²) in [5, 5.41) is 6.53. The molecule has 0 radical (unpaired) electrons. The first-order chi connectivity index (χ1) is 11.6. The molecule has 130 valence electrons. The SMILES string of the molecule is Cc1cc(C)n(CCC(=O)N2CCCN(Cc3cscn3)CC2)n1. The molecule has 2 aromatic rings. The van der Waals surface area contributed by atoms with E-state index in [1.165, 1.54) is 0 Å². The smallest absolute Gasteiger partial charge is 0.224 e. The van der Waals surface area contributed by atoms with Crippen molar-refractivity contribution in [2.24, 2.45) is 0 Å². The zero-order valence-electron chi connectivity index (χ0n) is 14.4. The minimum Gasteiger partial charge on any atom is -0.341 e. The molecule has 2 aromatic heterocycles. The second-order valence-electron chi connectivity index (χ2n) is 6.39. The summed E-state index contributed by atoms with van der Waals surface area (Å²) in [7, 11) is 0. The summed E-state index contributed by atoms with van der Waals surface area (Å²) in [5.74, 6) is 0.234. The van der Waals surface area contributed by atoms with E-state index in [1.54, 1.807) is 11.3 Å². The lowest BCUT2D eigenvalue weighted by Gasteiger charge is -2.21. The molecule has 1 aliphatic heterocycles. The number of amides is 1. The van der Waals surface area contributed by atoms with Gasteiger partial charge in [0, 0.05) is 56.8 Å². The van der Waals surface area contributed by atoms with E-state index in [1.807, 2.05) is 35.0 Å². The number of aromatic nitrogens is 3. The van der Waals surface area contributed by atoms with Crippen LogP contribution in [-0.4, -0.2) is 56.7 Å². The third-order valence-corrected chi connectivity index (χ3v) is 5.09. The van der Waals surface area contributed by atoms with Gasteiger partial charge in [0.1, 0.15) is 0 Å². The van der Waals surface area contributed by atoms with Crippen LogP contribution in [0.1, 0.15) is 29.9 Å². The Balaban J connectivity index is 1.48. The highest BCUT2D eigenvalue weighted by molar-refractivity contribution is 7.07. The van der Waals surface area contributed by atoms with Gasteiger partial charge < -0.3 is 4.90 Å². The molecular weight excluding hydrogens is 322 g/mol. The standard InChI is InChI=1S/C17H25N5OS/c1-14-10-15(2)22(19-14)7-4-17(23)21-6-3-5-20(8-9-21)11-16-12-24-13-18-16/h10,12-13H,3-9,11H2,1-2H3. The van der Waals surface area contributed by atoms with Gasteiger partial charge in [0.25, 0.3) is 0 Å². The Morgan fingerprint density at radius 1 is 1.25 bits per heavy atom. The molecule has 3 rings (SSSR count). The maximum absolute atomic E-state index is 12.5. The molecule has 1 amide bonds. The molecule has 24 heavy (non-hydrogen) atoms. The van der Waals surface area contributed by atoms with Crippen LogP contribution in [0.5, 0.6) is 0 Å². The van der Waals surface area contributed by atoms with Crippen molar-refractivity contribution in [2.45, 2.75) is 39.8 Å². The van der Waals surface area contributed by atoms with Gasteiger partial charge in [-0.05, 0) is 26.3 Å². The van der Waals surface area contributed by atoms with Gasteiger partial charge in [-0.15, -0.1) is 11.3 Å². The fourth-order valence-electron chi connectivity index (χ4n) is 3.18. The molecule has 6 nitrogen and oxygen atoms in total. The Labute approximate surface area is 147 Å². The van der Waals surface area contributed by atoms with E-state index < -0.39 is 0 Å². The predicted molar refractivity (Wildman–Crippen MR) is 94.9 cm³/mol. The van der Waals surface area contributed by atoms with Crippen molar-refractivity contribution in [3.8, 4) is 0 Å². The van der Waals surface area contributed by atoms with Crippen molar-refractivity contribution in [2.75, 3.05) is 26.2 Å². The molecule has 1 fully saturated rings. The number of hydrogen-bond donors (Lipinski definition) is 0. The molecule has 0 bridgehead atoms. The van der Waals surface area contributed by atoms with Gasteiger partial charge in [0.15, 0.2) is 0 Å². The van der Waals surface area contributed by atoms with Crippen molar-refractivity contribution in [1.29, 1.82) is 0 Å². The zero-order chi connectivity index (χ0) is 16.9. The Morgan fingerprint density at radius 2 is 2.12 bits per heavy atom. The average Bonchev–Trinajstić information content (AvgIpc) is 3.09. The van der Waals surface area contributed by atoms with Crippen LogP contribution < -0.4 is 0 Å². The van der Waals surface area contributed by atoms with Crippen molar-refractivity contribution in [3.63, 3.8) is 0 Å². The summed E-state index contributed by atoms with van der Waals surface area (Å²) in [4.78, 5) is 21.3. The van der Waals surface area contributed by atoms with Crippen molar-refractivity contribution < 1.29 is 4.79 Å². The first kappa shape index (κ1) is 17.1. The highest BCUT2D eigenvalue weighted by Gasteiger charge is 2.19. The lowest BCUT2D eigenvalue weighted by Crippen LogP contribution is -2.35. The van der Waals surface area contributed by atoms with Crippen LogP contribution in [0, 0.1) is 13.8 Å². The molecule has 3 heterocycles. The fourth-order valence-corrected chi connectivity index (χ4v) is 3.73. The van der Waals surface area contributed by atoms with Crippen LogP contribution in [0.3, 0.4) is 0 Å². The third kappa shape index (κ3) is 4.42. The number of hydrogen-bond acceptors (Lipinski definition) is 5. The minimum atomic E-state index is 0.234. The van der Waals surface area contributed by atoms with Crippen LogP contribution in [0.2, 0.25) is 0 Å². The second-order valence-corrected chi connectivity index (χ2v) is 7.11. The van der Waals surface area contributed by atoms with Crippen LogP contribution >= 0.6 is 11.3 Å². The number of rotatable bonds is 5. The first-order valence-electron chi connectivity index (χ1n) is 8.50. The van der Waals surface area contributed by atoms with E-state index in [-0.39, 0.29) is 5.91 Å². The zero-order valence-corrected chi connectivity index (χ0v) is 15.3. The molecular formula is C17H25N5OS. The predicted octanol–water partition coefficient (Wildman–Crippen LogP) is 2.08. The molecule has 0 atom stereocenters. The van der Waals surface area contributed by atoms with Crippen LogP contribution in [0.4, 0.5) is 0 Å². The summed E-state index contributed by atoms with van der Waals surface area (Å²) in [6.07, 6.45) is 1.55. The van der Waals surface area contributed by atoms with E-state index in [0.29, 0.717) is 13.0 Å². The Hall–Kier alpha value is -1.73. The molecule has 0 unspecified atom stereocenters. The van der Waals surface area contributed by atoms with E-state index in [9.17, 15) is 4.79 Å². The van der Waals surface area contributed by atoms with Gasteiger partial charge in [0.05, 0.1) is 16.9 Å². The normalized spacial score (nSPS) is 16.3. The third-order valence-electron chi connectivity index (χ3n) is 4.45. The maximum atomic E-state index is 12.5. The summed E-state index contributed by atoms with van der Waals surface area (Å²) in [6, 6.07) is 2.05. The number of thiazole rings is 1. The minimum absolute atomic E-state index is 0.234. The van der Waals surface area contributed by atoms with E-state index in [2.05, 4.69) is 20.4 Å². The fraction of sp³-hybridized carbons (Fsp3) is 0.588. The summed E-state index contributed by atoms with van der Waals surface area (Å²) < 4.78 is 1.93. The van der Waals surface area contributed by atoms with Crippen molar-refractivity contribution in [3.05, 3.63) is 34.0 Å². The van der Waals surface area contributed by atoms with Gasteiger partial charge in [-0.1, -0.05) is 0 Å². The monoisotopic (exact) mass is 347 g/mol. The van der Waals surface area contributed by atoms with E-state index in [0.717, 1.165) is 56.2 Å². The lowest BCUT2D eigenvalue weighted by atomic mass is 10.3. The molecule has 0 spiro atoms. The Kier molecular flexibility index (Phi) is 5.63. The van der Waals surface area contributed by atoms with E-state index in [4.69, 9.17) is 0 Å². The van der Waals surface area contributed by atoms with Gasteiger partial charge in [0.2, 0.25) is 5.91 Å². The number of nitrogens with zero attached hydrogens (tertiary/aromatic N) is 5. The van der Waals surface area contributed by atoms with Gasteiger partial charge in [-0.2, -0.15) is 5.10 Å². The van der Waals surface area contributed by atoms with Crippen LogP contribution in [-0.2, 0) is 17.9 Å². The molecule has 1 aliphatic rings. The Bertz CT molecular complexity index is 667. The van der Waals surface area contributed by atoms with Crippen LogP contribution in [0.25, 0.3) is 0 Å². The highest BCUT2D eigenvalue weighted by atomic mass is 32.1. The first-order valence-corrected chi connectivity index (χ1v) is 9.44. The lowest BCUT2D eigenvalue weighted by molar-refractivity contribution is -0.131. The molecule has 0 N–H and O–H groups in total. The molecule has 0 saturated carbocycles. The summed E-state index contributed by atoms with van der Waals surface area (Å²) in [5.41, 5.74) is 5.13.